The lowest BCUT2D eigenvalue weighted by Crippen LogP contribution is -2.39. The van der Waals surface area contributed by atoms with Crippen molar-refractivity contribution in [1.82, 2.24) is 10.2 Å². The predicted molar refractivity (Wildman–Crippen MR) is 120 cm³/mol. The number of hydrogen-bond acceptors (Lipinski definition) is 3. The maximum Gasteiger partial charge on any atom is 0.270 e. The molecule has 2 aromatic carbocycles. The van der Waals surface area contributed by atoms with Gasteiger partial charge in [0.1, 0.15) is 11.4 Å². The number of likely N-dealkylation sites (tertiary alicyclic amines) is 1. The number of carbonyl (C=O) groups excluding carboxylic acids is 2. The lowest BCUT2D eigenvalue weighted by molar-refractivity contribution is -0.127. The highest BCUT2D eigenvalue weighted by atomic mass is 35.5. The zero-order valence-electron chi connectivity index (χ0n) is 16.8. The summed E-state index contributed by atoms with van der Waals surface area (Å²) in [5.74, 6) is 0.0512. The number of rotatable bonds is 5. The molecule has 1 saturated heterocycles. The van der Waals surface area contributed by atoms with Crippen LogP contribution in [0.25, 0.3) is 6.08 Å². The molecule has 7 heteroatoms. The van der Waals surface area contributed by atoms with E-state index in [4.69, 9.17) is 27.9 Å². The molecule has 1 aliphatic rings. The highest BCUT2D eigenvalue weighted by Crippen LogP contribution is 2.22. The normalized spacial score (nSPS) is 14.8. The van der Waals surface area contributed by atoms with Crippen LogP contribution in [0.15, 0.2) is 48.2 Å². The number of nitrogens with one attached hydrogen (secondary N) is 1. The molecule has 30 heavy (non-hydrogen) atoms. The van der Waals surface area contributed by atoms with Crippen LogP contribution in [0.2, 0.25) is 10.0 Å². The molecule has 1 N–H and O–H groups in total. The number of ether oxygens (including phenoxy) is 1. The summed E-state index contributed by atoms with van der Waals surface area (Å²) in [4.78, 5) is 27.9. The molecule has 158 valence electrons. The van der Waals surface area contributed by atoms with Crippen molar-refractivity contribution in [3.05, 3.63) is 69.3 Å². The quantitative estimate of drug-likeness (QED) is 0.643. The molecule has 2 amide bonds. The number of nitrogens with zero attached hydrogens (tertiary/aromatic N) is 1. The van der Waals surface area contributed by atoms with Crippen molar-refractivity contribution in [3.8, 4) is 5.75 Å². The van der Waals surface area contributed by atoms with Crippen molar-refractivity contribution in [2.75, 3.05) is 20.2 Å². The van der Waals surface area contributed by atoms with E-state index >= 15 is 0 Å². The van der Waals surface area contributed by atoms with Gasteiger partial charge in [-0.2, -0.15) is 0 Å². The van der Waals surface area contributed by atoms with Crippen molar-refractivity contribution >= 4 is 41.1 Å². The van der Waals surface area contributed by atoms with E-state index in [9.17, 15) is 9.59 Å². The van der Waals surface area contributed by atoms with Crippen LogP contribution < -0.4 is 10.1 Å². The standard InChI is InChI=1S/C23H24Cl2N2O3/c1-30-18-9-6-16(7-10-18)14-21(23(29)27-12-4-2-3-5-13-27)26-22(28)19-11-8-17(24)15-20(19)25/h6-11,14-15H,2-5,12-13H2,1H3,(H,26,28). The molecule has 5 nitrogen and oxygen atoms in total. The summed E-state index contributed by atoms with van der Waals surface area (Å²) in [6.07, 6.45) is 5.80. The monoisotopic (exact) mass is 446 g/mol. The van der Waals surface area contributed by atoms with Gasteiger partial charge in [0.15, 0.2) is 0 Å². The van der Waals surface area contributed by atoms with Crippen molar-refractivity contribution < 1.29 is 14.3 Å². The van der Waals surface area contributed by atoms with Crippen molar-refractivity contribution in [3.63, 3.8) is 0 Å². The topological polar surface area (TPSA) is 58.6 Å². The average molecular weight is 447 g/mol. The highest BCUT2D eigenvalue weighted by Gasteiger charge is 2.22. The Morgan fingerprint density at radius 3 is 2.27 bits per heavy atom. The van der Waals surface area contributed by atoms with E-state index in [1.165, 1.54) is 6.07 Å². The molecule has 1 fully saturated rings. The third-order valence-electron chi connectivity index (χ3n) is 4.97. The van der Waals surface area contributed by atoms with E-state index in [2.05, 4.69) is 5.32 Å². The molecule has 0 spiro atoms. The molecular weight excluding hydrogens is 423 g/mol. The summed E-state index contributed by atoms with van der Waals surface area (Å²) in [5.41, 5.74) is 1.24. The first-order valence-electron chi connectivity index (χ1n) is 9.89. The molecule has 1 aliphatic heterocycles. The maximum absolute atomic E-state index is 13.2. The summed E-state index contributed by atoms with van der Waals surface area (Å²) in [6.45, 7) is 1.35. The molecular formula is C23H24Cl2N2O3. The Kier molecular flexibility index (Phi) is 7.77. The van der Waals surface area contributed by atoms with Crippen LogP contribution in [-0.4, -0.2) is 36.9 Å². The molecule has 0 atom stereocenters. The molecule has 0 aliphatic carbocycles. The van der Waals surface area contributed by atoms with Gasteiger partial charge in [-0.3, -0.25) is 9.59 Å². The van der Waals surface area contributed by atoms with E-state index in [-0.39, 0.29) is 22.2 Å². The number of methoxy groups -OCH3 is 1. The third kappa shape index (κ3) is 5.77. The van der Waals surface area contributed by atoms with Crippen molar-refractivity contribution in [1.29, 1.82) is 0 Å². The van der Waals surface area contributed by atoms with Crippen molar-refractivity contribution in [2.45, 2.75) is 25.7 Å². The molecule has 0 radical (unpaired) electrons. The number of halogens is 2. The average Bonchev–Trinajstić information content (AvgIpc) is 3.02. The lowest BCUT2D eigenvalue weighted by Gasteiger charge is -2.22. The summed E-state index contributed by atoms with van der Waals surface area (Å²) in [6, 6.07) is 11.9. The van der Waals surface area contributed by atoms with Gasteiger partial charge in [0.2, 0.25) is 0 Å². The Morgan fingerprint density at radius 1 is 1.00 bits per heavy atom. The van der Waals surface area contributed by atoms with E-state index in [1.54, 1.807) is 42.4 Å². The van der Waals surface area contributed by atoms with E-state index in [0.717, 1.165) is 31.2 Å². The minimum Gasteiger partial charge on any atom is -0.497 e. The Hall–Kier alpha value is -2.50. The minimum atomic E-state index is -0.459. The first-order chi connectivity index (χ1) is 14.5. The second-order valence-corrected chi connectivity index (χ2v) is 7.96. The molecule has 0 unspecified atom stereocenters. The molecule has 3 rings (SSSR count). The number of carbonyl (C=O) groups is 2. The fourth-order valence-electron chi connectivity index (χ4n) is 3.33. The van der Waals surface area contributed by atoms with Crippen LogP contribution in [0.4, 0.5) is 0 Å². The number of amides is 2. The van der Waals surface area contributed by atoms with Crippen LogP contribution in [0.5, 0.6) is 5.75 Å². The lowest BCUT2D eigenvalue weighted by atomic mass is 10.1. The maximum atomic E-state index is 13.2. The van der Waals surface area contributed by atoms with Gasteiger partial charge in [0, 0.05) is 18.1 Å². The first kappa shape index (κ1) is 22.2. The summed E-state index contributed by atoms with van der Waals surface area (Å²) < 4.78 is 5.18. The van der Waals surface area contributed by atoms with Gasteiger partial charge >= 0.3 is 0 Å². The van der Waals surface area contributed by atoms with Gasteiger partial charge in [-0.15, -0.1) is 0 Å². The molecule has 1 heterocycles. The zero-order chi connectivity index (χ0) is 21.5. The third-order valence-corrected chi connectivity index (χ3v) is 5.52. The summed E-state index contributed by atoms with van der Waals surface area (Å²) in [5, 5.41) is 3.42. The van der Waals surface area contributed by atoms with Crippen LogP contribution in [0.3, 0.4) is 0 Å². The molecule has 2 aromatic rings. The van der Waals surface area contributed by atoms with Crippen molar-refractivity contribution in [2.24, 2.45) is 0 Å². The summed E-state index contributed by atoms with van der Waals surface area (Å²) >= 11 is 12.1. The Labute approximate surface area is 186 Å². The van der Waals surface area contributed by atoms with Crippen LogP contribution in [0.1, 0.15) is 41.6 Å². The molecule has 0 aromatic heterocycles. The van der Waals surface area contributed by atoms with Gasteiger partial charge in [0.05, 0.1) is 17.7 Å². The van der Waals surface area contributed by atoms with E-state index in [1.807, 2.05) is 12.1 Å². The van der Waals surface area contributed by atoms with E-state index in [0.29, 0.717) is 23.9 Å². The van der Waals surface area contributed by atoms with Gasteiger partial charge < -0.3 is 15.0 Å². The minimum absolute atomic E-state index is 0.203. The largest absolute Gasteiger partial charge is 0.497 e. The van der Waals surface area contributed by atoms with Gasteiger partial charge in [-0.05, 0) is 54.8 Å². The second-order valence-electron chi connectivity index (χ2n) is 7.12. The second kappa shape index (κ2) is 10.5. The highest BCUT2D eigenvalue weighted by molar-refractivity contribution is 6.36. The smallest absolute Gasteiger partial charge is 0.270 e. The van der Waals surface area contributed by atoms with Crippen LogP contribution in [0, 0.1) is 0 Å². The molecule has 0 saturated carbocycles. The Morgan fingerprint density at radius 2 is 1.67 bits per heavy atom. The van der Waals surface area contributed by atoms with Crippen LogP contribution >= 0.6 is 23.2 Å². The van der Waals surface area contributed by atoms with Gasteiger partial charge in [-0.25, -0.2) is 0 Å². The SMILES string of the molecule is COc1ccc(C=C(NC(=O)c2ccc(Cl)cc2Cl)C(=O)N2CCCCCC2)cc1. The fourth-order valence-corrected chi connectivity index (χ4v) is 3.82. The van der Waals surface area contributed by atoms with E-state index < -0.39 is 5.91 Å². The number of benzene rings is 2. The molecule has 0 bridgehead atoms. The summed E-state index contributed by atoms with van der Waals surface area (Å²) in [7, 11) is 1.59. The Balaban J connectivity index is 1.90. The fraction of sp³-hybridized carbons (Fsp3) is 0.304. The van der Waals surface area contributed by atoms with Gasteiger partial charge in [-0.1, -0.05) is 48.2 Å². The first-order valence-corrected chi connectivity index (χ1v) is 10.6. The number of hydrogen-bond donors (Lipinski definition) is 1. The van der Waals surface area contributed by atoms with Crippen LogP contribution in [-0.2, 0) is 4.79 Å². The Bertz CT molecular complexity index is 934. The van der Waals surface area contributed by atoms with Gasteiger partial charge in [0.25, 0.3) is 11.8 Å². The zero-order valence-corrected chi connectivity index (χ0v) is 18.3. The predicted octanol–water partition coefficient (Wildman–Crippen LogP) is 5.18.